The van der Waals surface area contributed by atoms with Crippen LogP contribution < -0.4 is 31.5 Å². The summed E-state index contributed by atoms with van der Waals surface area (Å²) in [5.41, 5.74) is 7.26. The number of aliphatic imine (C=N–C) groups is 2. The van der Waals surface area contributed by atoms with E-state index in [1.165, 1.54) is 14.7 Å². The molecule has 2 aromatic rings. The first-order chi connectivity index (χ1) is 29.7. The van der Waals surface area contributed by atoms with Crippen molar-refractivity contribution in [1.82, 2.24) is 20.9 Å². The summed E-state index contributed by atoms with van der Waals surface area (Å²) in [6.45, 7) is 0.989. The first kappa shape index (κ1) is 45.0. The van der Waals surface area contributed by atoms with Crippen LogP contribution in [0.15, 0.2) is 64.0 Å². The zero-order valence-electron chi connectivity index (χ0n) is 33.5. The Balaban J connectivity index is 0.935. The molecule has 6 aliphatic heterocycles. The average molecular weight is 924 g/mol. The van der Waals surface area contributed by atoms with Crippen molar-refractivity contribution in [2.24, 2.45) is 15.7 Å². The van der Waals surface area contributed by atoms with Crippen LogP contribution in [0.25, 0.3) is 0 Å². The molecule has 63 heavy (non-hydrogen) atoms. The number of anilines is 2. The van der Waals surface area contributed by atoms with Gasteiger partial charge in [-0.3, -0.25) is 19.2 Å². The fourth-order valence-corrected chi connectivity index (χ4v) is 10.9. The highest BCUT2D eigenvalue weighted by Crippen LogP contribution is 2.61. The molecule has 1 spiro atoms. The van der Waals surface area contributed by atoms with Crippen LogP contribution in [-0.2, 0) is 32.0 Å². The number of urea groups is 1. The molecule has 0 radical (unpaired) electrons. The highest BCUT2D eigenvalue weighted by molar-refractivity contribution is 7.61. The summed E-state index contributed by atoms with van der Waals surface area (Å²) in [6.07, 6.45) is -13.4. The monoisotopic (exact) mass is 923 g/mol. The Kier molecular flexibility index (Phi) is 12.0. The van der Waals surface area contributed by atoms with Crippen LogP contribution in [0.3, 0.4) is 0 Å². The predicted octanol–water partition coefficient (Wildman–Crippen LogP) is -2.45. The lowest BCUT2D eigenvalue weighted by atomic mass is 9.75. The van der Waals surface area contributed by atoms with Gasteiger partial charge in [-0.15, -0.1) is 0 Å². The number of nitrogens with one attached hydrogen (secondary N) is 3. The lowest BCUT2D eigenvalue weighted by molar-refractivity contribution is -0.123. The standard InChI is InChI=1S/C36H47N9O16P2/c1-16-8-20-21(9-17(16)2)45-25(48)10-19(18-6-4-3-5-7-18)36(45)33(41-35(53)42-34(36)52)43(20)11-22(46)27(49)23(47)12-58-62(54,55)61-63(56,57)59-13-24-28(50)29(51)32(60-24)44-15-40-26-30(37)38-14-39-31(26)44/h3-9,19,22-25,27-29,32,39-40,46-51H,10-15H2,1-2H3,(H2,37,38)(H,54,55)(H,56,57)(H,42,52,53)/t19-,22+,23-,24-,25-,27+,28-,29-,32-,36+/m1/s1. The van der Waals surface area contributed by atoms with Gasteiger partial charge >= 0.3 is 21.7 Å². The number of aliphatic hydroxyl groups is 6. The van der Waals surface area contributed by atoms with Crippen molar-refractivity contribution >= 4 is 50.6 Å². The number of carbonyl (C=O) groups excluding carboxylic acids is 2. The lowest BCUT2D eigenvalue weighted by Crippen LogP contribution is -2.74. The van der Waals surface area contributed by atoms with Gasteiger partial charge in [-0.25, -0.2) is 18.9 Å². The van der Waals surface area contributed by atoms with E-state index >= 15 is 0 Å². The predicted molar refractivity (Wildman–Crippen MR) is 217 cm³/mol. The smallest absolute Gasteiger partial charge is 0.388 e. The van der Waals surface area contributed by atoms with E-state index in [1.54, 1.807) is 49.4 Å². The molecule has 8 rings (SSSR count). The number of amides is 3. The average Bonchev–Trinajstić information content (AvgIpc) is 3.89. The molecule has 13 N–H and O–H groups in total. The number of fused-ring (bicyclic) bond motifs is 2. The topological polar surface area (TPSA) is 364 Å². The van der Waals surface area contributed by atoms with Crippen molar-refractivity contribution in [1.29, 1.82) is 0 Å². The Labute approximate surface area is 358 Å². The summed E-state index contributed by atoms with van der Waals surface area (Å²) in [7, 11) is -11.1. The van der Waals surface area contributed by atoms with Gasteiger partial charge < -0.3 is 76.2 Å². The molecule has 2 saturated heterocycles. The number of phosphoric acid groups is 2. The first-order valence-corrected chi connectivity index (χ1v) is 22.6. The Morgan fingerprint density at radius 2 is 1.65 bits per heavy atom. The van der Waals surface area contributed by atoms with Crippen LogP contribution in [0.5, 0.6) is 0 Å². The maximum absolute atomic E-state index is 14.2. The van der Waals surface area contributed by atoms with Crippen LogP contribution >= 0.6 is 15.6 Å². The summed E-state index contributed by atoms with van der Waals surface area (Å²) in [5, 5.41) is 74.5. The Bertz CT molecular complexity index is 2360. The molecular formula is C36H47N9O16P2. The van der Waals surface area contributed by atoms with E-state index in [2.05, 4.69) is 30.2 Å². The number of aliphatic hydroxyl groups excluding tert-OH is 6. The van der Waals surface area contributed by atoms with Gasteiger partial charge in [0.05, 0.1) is 37.8 Å². The number of hydrogen-bond donors (Lipinski definition) is 12. The van der Waals surface area contributed by atoms with E-state index in [-0.39, 0.29) is 37.1 Å². The number of nitrogens with two attached hydrogens (primary N) is 1. The number of rotatable bonds is 14. The number of nitrogens with zero attached hydrogens (tertiary/aromatic N) is 5. The fraction of sp³-hybridized carbons (Fsp3) is 0.500. The molecule has 6 heterocycles. The van der Waals surface area contributed by atoms with Crippen molar-refractivity contribution < 1.29 is 77.2 Å². The molecule has 25 nitrogen and oxygen atoms in total. The second-order valence-corrected chi connectivity index (χ2v) is 18.8. The third-order valence-electron chi connectivity index (χ3n) is 11.9. The minimum absolute atomic E-state index is 0.0294. The molecule has 0 bridgehead atoms. The number of β-amino-alcohol motifs (C(OH)–C–C–N with tert-alkyl or cyclic N) is 1. The maximum atomic E-state index is 14.2. The number of benzene rings is 2. The molecule has 2 unspecified atom stereocenters. The van der Waals surface area contributed by atoms with Crippen LogP contribution in [-0.4, -0.2) is 157 Å². The molecule has 27 heteroatoms. The lowest BCUT2D eigenvalue weighted by Gasteiger charge is -2.52. The minimum Gasteiger partial charge on any atom is -0.388 e. The molecule has 2 aromatic carbocycles. The van der Waals surface area contributed by atoms with Crippen LogP contribution in [0.4, 0.5) is 16.2 Å². The Hall–Kier alpha value is -4.56. The normalized spacial score (nSPS) is 31.0. The summed E-state index contributed by atoms with van der Waals surface area (Å²) < 4.78 is 45.1. The van der Waals surface area contributed by atoms with Crippen molar-refractivity contribution in [2.45, 2.75) is 80.8 Å². The number of hydrogen-bond acceptors (Lipinski definition) is 21. The molecule has 6 aliphatic rings. The van der Waals surface area contributed by atoms with Crippen LogP contribution in [0.2, 0.25) is 0 Å². The molecular weight excluding hydrogens is 876 g/mol. The Morgan fingerprint density at radius 3 is 2.37 bits per heavy atom. The second kappa shape index (κ2) is 16.8. The molecule has 0 aliphatic carbocycles. The van der Waals surface area contributed by atoms with Gasteiger partial charge in [0.15, 0.2) is 17.6 Å². The van der Waals surface area contributed by atoms with E-state index in [1.807, 2.05) is 6.92 Å². The quantitative estimate of drug-likeness (QED) is 0.0875. The van der Waals surface area contributed by atoms with Gasteiger partial charge in [0.2, 0.25) is 0 Å². The van der Waals surface area contributed by atoms with E-state index < -0.39 is 108 Å². The number of carbonyl (C=O) groups is 2. The summed E-state index contributed by atoms with van der Waals surface area (Å²) >= 11 is 0. The fourth-order valence-electron chi connectivity index (χ4n) is 8.76. The van der Waals surface area contributed by atoms with Gasteiger partial charge in [-0.05, 0) is 42.7 Å². The summed E-state index contributed by atoms with van der Waals surface area (Å²) in [5.74, 6) is -1.14. The molecule has 3 amide bonds. The third-order valence-corrected chi connectivity index (χ3v) is 14.5. The number of phosphoric ester groups is 2. The van der Waals surface area contributed by atoms with Crippen molar-refractivity contribution in [3.63, 3.8) is 0 Å². The summed E-state index contributed by atoms with van der Waals surface area (Å²) in [6, 6.07) is 11.2. The van der Waals surface area contributed by atoms with Crippen molar-refractivity contribution in [3.05, 3.63) is 70.7 Å². The maximum Gasteiger partial charge on any atom is 0.481 e. The van der Waals surface area contributed by atoms with Gasteiger partial charge in [0.25, 0.3) is 5.91 Å². The van der Waals surface area contributed by atoms with Crippen LogP contribution in [0, 0.1) is 13.8 Å². The Morgan fingerprint density at radius 1 is 0.968 bits per heavy atom. The number of imide groups is 1. The van der Waals surface area contributed by atoms with Gasteiger partial charge in [0, 0.05) is 12.3 Å². The number of aryl methyl sites for hydroxylation is 2. The van der Waals surface area contributed by atoms with Gasteiger partial charge in [0.1, 0.15) is 66.9 Å². The SMILES string of the molecule is Cc1cc2c(cc1C)N1[C@H](O)C[C@H](c3ccccc3)[C@]13C(=O)NC(=O)N=C3N2C[C@H](O)[C@H](O)[C@H](O)COP(=O)(O)OP(=O)(O)OC[C@H]1O[C@@H](N2CNC3=C2NCN=C3N)[C@H](O)[C@@H]1O. The highest BCUT2D eigenvalue weighted by atomic mass is 31.3. The molecule has 0 aromatic heterocycles. The van der Waals surface area contributed by atoms with E-state index in [0.29, 0.717) is 22.8 Å². The minimum atomic E-state index is -5.59. The molecule has 0 saturated carbocycles. The van der Waals surface area contributed by atoms with Gasteiger partial charge in [-0.1, -0.05) is 30.3 Å². The third kappa shape index (κ3) is 8.01. The first-order valence-electron chi connectivity index (χ1n) is 19.6. The van der Waals surface area contributed by atoms with Crippen LogP contribution in [0.1, 0.15) is 29.0 Å². The largest absolute Gasteiger partial charge is 0.481 e. The van der Waals surface area contributed by atoms with Crippen molar-refractivity contribution in [3.8, 4) is 0 Å². The zero-order chi connectivity index (χ0) is 45.3. The number of ether oxygens (including phenoxy) is 1. The zero-order valence-corrected chi connectivity index (χ0v) is 35.3. The number of amidine groups is 2. The molecule has 2 fully saturated rings. The second-order valence-electron chi connectivity index (χ2n) is 15.7. The van der Waals surface area contributed by atoms with Gasteiger partial charge in [-0.2, -0.15) is 9.30 Å². The van der Waals surface area contributed by atoms with E-state index in [9.17, 15) is 59.1 Å². The molecule has 12 atom stereocenters. The van der Waals surface area contributed by atoms with Crippen molar-refractivity contribution in [2.75, 3.05) is 42.9 Å². The highest BCUT2D eigenvalue weighted by Gasteiger charge is 2.67. The summed E-state index contributed by atoms with van der Waals surface area (Å²) in [4.78, 5) is 60.3. The van der Waals surface area contributed by atoms with E-state index in [4.69, 9.17) is 19.5 Å². The molecule has 342 valence electrons. The van der Waals surface area contributed by atoms with E-state index in [0.717, 1.165) is 11.1 Å².